The molecule has 6 nitrogen and oxygen atoms in total. The largest absolute Gasteiger partial charge is 0.460 e. The molecule has 0 aliphatic rings. The predicted octanol–water partition coefficient (Wildman–Crippen LogP) is 8.94. The lowest BCUT2D eigenvalue weighted by molar-refractivity contribution is -0.151. The van der Waals surface area contributed by atoms with Crippen LogP contribution in [0.1, 0.15) is 149 Å². The summed E-state index contributed by atoms with van der Waals surface area (Å²) in [5, 5.41) is 0. The zero-order valence-electron chi connectivity index (χ0n) is 25.0. The predicted molar refractivity (Wildman–Crippen MR) is 158 cm³/mol. The summed E-state index contributed by atoms with van der Waals surface area (Å²) in [4.78, 5) is 23.9. The van der Waals surface area contributed by atoms with Gasteiger partial charge in [-0.05, 0) is 33.4 Å². The Morgan fingerprint density at radius 1 is 0.703 bits per heavy atom. The highest BCUT2D eigenvalue weighted by molar-refractivity contribution is 7.40. The van der Waals surface area contributed by atoms with Crippen molar-refractivity contribution < 1.29 is 23.5 Å². The monoisotopic (exact) mass is 547 g/mol. The maximum absolute atomic E-state index is 12.0. The molecule has 222 valence electrons. The molecule has 0 heterocycles. The normalized spacial score (nSPS) is 13.2. The van der Waals surface area contributed by atoms with Gasteiger partial charge in [0.25, 0.3) is 0 Å². The van der Waals surface area contributed by atoms with Crippen molar-refractivity contribution >= 4 is 14.6 Å². The summed E-state index contributed by atoms with van der Waals surface area (Å²) in [6.07, 6.45) is 26.0. The van der Waals surface area contributed by atoms with E-state index in [0.717, 1.165) is 32.2 Å². The quantitative estimate of drug-likeness (QED) is 0.0573. The number of unbranched alkanes of at least 4 members (excludes halogenated alkanes) is 17. The molecule has 0 saturated heterocycles. The summed E-state index contributed by atoms with van der Waals surface area (Å²) in [6, 6.07) is 0. The highest BCUT2D eigenvalue weighted by atomic mass is 31.2. The van der Waals surface area contributed by atoms with Gasteiger partial charge in [0, 0.05) is 13.0 Å². The molecule has 0 radical (unpaired) electrons. The summed E-state index contributed by atoms with van der Waals surface area (Å²) >= 11 is 0. The lowest BCUT2D eigenvalue weighted by atomic mass is 10.0. The summed E-state index contributed by atoms with van der Waals surface area (Å²) in [5.74, 6) is -0.186. The zero-order valence-corrected chi connectivity index (χ0v) is 25.9. The molecule has 0 bridgehead atoms. The maximum Gasteiger partial charge on any atom is 0.330 e. The van der Waals surface area contributed by atoms with Crippen LogP contribution in [-0.4, -0.2) is 55.7 Å². The number of carbonyl (C=O) groups is 1. The lowest BCUT2D eigenvalue weighted by Crippen LogP contribution is -2.23. The molecule has 2 atom stereocenters. The van der Waals surface area contributed by atoms with Crippen LogP contribution in [0.15, 0.2) is 0 Å². The van der Waals surface area contributed by atoms with Crippen LogP contribution in [0.2, 0.25) is 0 Å². The van der Waals surface area contributed by atoms with Gasteiger partial charge >= 0.3 is 14.6 Å². The van der Waals surface area contributed by atoms with E-state index in [9.17, 15) is 9.69 Å². The molecule has 37 heavy (non-hydrogen) atoms. The van der Waals surface area contributed by atoms with Crippen molar-refractivity contribution in [3.63, 3.8) is 0 Å². The van der Waals surface area contributed by atoms with Crippen molar-refractivity contribution in [3.05, 3.63) is 0 Å². The summed E-state index contributed by atoms with van der Waals surface area (Å²) in [7, 11) is 1.97. The second kappa shape index (κ2) is 28.7. The average Bonchev–Trinajstić information content (AvgIpc) is 2.86. The first kappa shape index (κ1) is 36.7. The van der Waals surface area contributed by atoms with E-state index in [1.807, 2.05) is 25.9 Å². The Balaban J connectivity index is 3.70. The second-order valence-electron chi connectivity index (χ2n) is 10.8. The van der Waals surface area contributed by atoms with Crippen LogP contribution in [0.5, 0.6) is 0 Å². The van der Waals surface area contributed by atoms with Gasteiger partial charge in [-0.3, -0.25) is 4.79 Å². The lowest BCUT2D eigenvalue weighted by Gasteiger charge is -2.20. The molecule has 0 aliphatic carbocycles. The first-order valence-corrected chi connectivity index (χ1v) is 16.7. The number of esters is 1. The van der Waals surface area contributed by atoms with Crippen molar-refractivity contribution in [1.29, 1.82) is 0 Å². The van der Waals surface area contributed by atoms with Gasteiger partial charge in [0.2, 0.25) is 0 Å². The smallest absolute Gasteiger partial charge is 0.330 e. The van der Waals surface area contributed by atoms with E-state index in [1.54, 1.807) is 0 Å². The molecule has 0 fully saturated rings. The molecule has 0 aliphatic heterocycles. The molecule has 7 heteroatoms. The average molecular weight is 548 g/mol. The number of rotatable bonds is 29. The first-order valence-electron chi connectivity index (χ1n) is 15.6. The van der Waals surface area contributed by atoms with E-state index in [0.29, 0.717) is 13.0 Å². The molecule has 0 amide bonds. The van der Waals surface area contributed by atoms with Gasteiger partial charge < -0.3 is 23.6 Å². The van der Waals surface area contributed by atoms with E-state index in [-0.39, 0.29) is 18.7 Å². The van der Waals surface area contributed by atoms with Crippen molar-refractivity contribution in [1.82, 2.24) is 4.90 Å². The molecule has 0 spiro atoms. The molecule has 1 N–H and O–H groups in total. The number of hydrogen-bond acceptors (Lipinski definition) is 6. The van der Waals surface area contributed by atoms with Crippen LogP contribution in [0.3, 0.4) is 0 Å². The first-order chi connectivity index (χ1) is 18.0. The van der Waals surface area contributed by atoms with Crippen molar-refractivity contribution in [2.24, 2.45) is 0 Å². The van der Waals surface area contributed by atoms with E-state index in [2.05, 4.69) is 6.92 Å². The van der Waals surface area contributed by atoms with Gasteiger partial charge in [-0.15, -0.1) is 0 Å². The zero-order chi connectivity index (χ0) is 27.4. The Bertz CT molecular complexity index is 481. The van der Waals surface area contributed by atoms with Crippen LogP contribution in [0.4, 0.5) is 0 Å². The van der Waals surface area contributed by atoms with Crippen LogP contribution >= 0.6 is 8.60 Å². The fourth-order valence-electron chi connectivity index (χ4n) is 4.38. The minimum absolute atomic E-state index is 0.186. The number of likely N-dealkylation sites (N-methyl/N-ethyl adjacent to an activating group) is 1. The van der Waals surface area contributed by atoms with Gasteiger partial charge in [0.1, 0.15) is 6.10 Å². The highest BCUT2D eigenvalue weighted by Gasteiger charge is 2.17. The van der Waals surface area contributed by atoms with E-state index in [1.165, 1.54) is 103 Å². The molecule has 0 aromatic carbocycles. The Hall–Kier alpha value is -0.260. The van der Waals surface area contributed by atoms with E-state index >= 15 is 0 Å². The van der Waals surface area contributed by atoms with Gasteiger partial charge in [-0.1, -0.05) is 123 Å². The van der Waals surface area contributed by atoms with Crippen molar-refractivity contribution in [2.45, 2.75) is 155 Å². The molecular formula is C30H62NO5P. The summed E-state index contributed by atoms with van der Waals surface area (Å²) < 4.78 is 16.4. The molecule has 2 unspecified atom stereocenters. The molecule has 0 aromatic rings. The third kappa shape index (κ3) is 28.6. The number of ether oxygens (including phenoxy) is 1. The topological polar surface area (TPSA) is 68.2 Å². The number of carbonyl (C=O) groups excluding carboxylic acids is 1. The molecular weight excluding hydrogens is 485 g/mol. The van der Waals surface area contributed by atoms with Crippen LogP contribution in [-0.2, 0) is 18.6 Å². The Morgan fingerprint density at radius 3 is 1.59 bits per heavy atom. The molecule has 0 aromatic heterocycles. The van der Waals surface area contributed by atoms with Gasteiger partial charge in [0.05, 0.1) is 13.2 Å². The Morgan fingerprint density at radius 2 is 1.16 bits per heavy atom. The Labute approximate surface area is 231 Å². The third-order valence-electron chi connectivity index (χ3n) is 6.74. The van der Waals surface area contributed by atoms with E-state index < -0.39 is 8.60 Å². The fourth-order valence-corrected chi connectivity index (χ4v) is 4.99. The summed E-state index contributed by atoms with van der Waals surface area (Å²) in [5.41, 5.74) is 0. The highest BCUT2D eigenvalue weighted by Crippen LogP contribution is 2.33. The second-order valence-corrected chi connectivity index (χ2v) is 11.8. The summed E-state index contributed by atoms with van der Waals surface area (Å²) in [6.45, 7) is 5.57. The minimum Gasteiger partial charge on any atom is -0.460 e. The van der Waals surface area contributed by atoms with Crippen LogP contribution in [0.25, 0.3) is 0 Å². The maximum atomic E-state index is 12.0. The van der Waals surface area contributed by atoms with Crippen LogP contribution < -0.4 is 0 Å². The van der Waals surface area contributed by atoms with Gasteiger partial charge in [0.15, 0.2) is 0 Å². The van der Waals surface area contributed by atoms with Gasteiger partial charge in [-0.25, -0.2) is 0 Å². The third-order valence-corrected chi connectivity index (χ3v) is 7.52. The van der Waals surface area contributed by atoms with Crippen molar-refractivity contribution in [2.75, 3.05) is 33.9 Å². The number of nitrogens with zero attached hydrogens (tertiary/aromatic N) is 1. The van der Waals surface area contributed by atoms with Crippen LogP contribution in [0, 0.1) is 0 Å². The number of hydrogen-bond donors (Lipinski definition) is 1. The SMILES string of the molecule is CCCCCCCCCCCCCCCCCCCCC(COP(O)OCCN(C)C)OC(=O)CCC. The molecule has 0 saturated carbocycles. The standard InChI is InChI=1S/C30H62NO5P/c1-5-7-8-9-10-11-12-13-14-15-16-17-18-19-20-21-22-23-25-29(36-30(32)24-6-2)28-35-37(33)34-27-26-31(3)4/h29,33H,5-28H2,1-4H3. The van der Waals surface area contributed by atoms with Crippen molar-refractivity contribution in [3.8, 4) is 0 Å². The van der Waals surface area contributed by atoms with Gasteiger partial charge in [-0.2, -0.15) is 0 Å². The fraction of sp³-hybridized carbons (Fsp3) is 0.967. The minimum atomic E-state index is -1.94. The molecule has 0 rings (SSSR count). The van der Waals surface area contributed by atoms with E-state index in [4.69, 9.17) is 13.8 Å². The Kier molecular flexibility index (Phi) is 28.5.